The van der Waals surface area contributed by atoms with Gasteiger partial charge in [0.05, 0.1) is 0 Å². The minimum absolute atomic E-state index is 0.0351. The average molecular weight is 374 g/mol. The van der Waals surface area contributed by atoms with Crippen molar-refractivity contribution in [2.45, 2.75) is 37.5 Å². The summed E-state index contributed by atoms with van der Waals surface area (Å²) in [7, 11) is 0. The Hall–Kier alpha value is -1.80. The van der Waals surface area contributed by atoms with Crippen molar-refractivity contribution in [3.8, 4) is 0 Å². The van der Waals surface area contributed by atoms with Crippen LogP contribution >= 0.6 is 11.9 Å². The summed E-state index contributed by atoms with van der Waals surface area (Å²) in [5.74, 6) is -0.588. The Balaban J connectivity index is 2.37. The van der Waals surface area contributed by atoms with Crippen LogP contribution in [0, 0.1) is 5.82 Å². The Morgan fingerprint density at radius 2 is 1.76 bits per heavy atom. The molecule has 8 heteroatoms. The Bertz CT molecular complexity index is 758. The van der Waals surface area contributed by atoms with Crippen molar-refractivity contribution in [2.24, 2.45) is 0 Å². The maximum absolute atomic E-state index is 13.7. The average Bonchev–Trinajstić information content (AvgIpc) is 2.56. The molecule has 3 nitrogen and oxygen atoms in total. The molecular formula is C17H18F4N2OS. The van der Waals surface area contributed by atoms with Crippen LogP contribution in [-0.4, -0.2) is 21.6 Å². The number of benzene rings is 1. The predicted octanol–water partition coefficient (Wildman–Crippen LogP) is 4.64. The van der Waals surface area contributed by atoms with Gasteiger partial charge in [-0.15, -0.1) is 0 Å². The number of halogens is 4. The molecule has 1 aromatic heterocycles. The van der Waals surface area contributed by atoms with Crippen molar-refractivity contribution in [3.05, 3.63) is 64.3 Å². The molecule has 0 spiro atoms. The molecule has 0 N–H and O–H groups in total. The lowest BCUT2D eigenvalue weighted by atomic mass is 10.1. The van der Waals surface area contributed by atoms with Gasteiger partial charge in [-0.2, -0.15) is 13.2 Å². The number of rotatable bonds is 6. The van der Waals surface area contributed by atoms with Crippen molar-refractivity contribution in [1.29, 1.82) is 0 Å². The van der Waals surface area contributed by atoms with E-state index in [1.54, 1.807) is 13.8 Å². The molecule has 0 aliphatic heterocycles. The maximum atomic E-state index is 13.7. The maximum Gasteiger partial charge on any atom is 0.408 e. The lowest BCUT2D eigenvalue weighted by Crippen LogP contribution is -2.34. The van der Waals surface area contributed by atoms with Gasteiger partial charge in [0.1, 0.15) is 11.9 Å². The first kappa shape index (κ1) is 19.5. The van der Waals surface area contributed by atoms with E-state index in [2.05, 4.69) is 0 Å². The second-order valence-electron chi connectivity index (χ2n) is 5.31. The third kappa shape index (κ3) is 4.85. The summed E-state index contributed by atoms with van der Waals surface area (Å²) in [5, 5.41) is 0. The summed E-state index contributed by atoms with van der Waals surface area (Å²) < 4.78 is 56.6. The van der Waals surface area contributed by atoms with Crippen LogP contribution in [0.1, 0.15) is 25.5 Å². The molecule has 0 saturated carbocycles. The molecule has 25 heavy (non-hydrogen) atoms. The van der Waals surface area contributed by atoms with Gasteiger partial charge in [0.2, 0.25) is 0 Å². The fraction of sp³-hybridized carbons (Fsp3) is 0.353. The second kappa shape index (κ2) is 8.05. The normalized spacial score (nSPS) is 13.2. The van der Waals surface area contributed by atoms with Crippen molar-refractivity contribution in [2.75, 3.05) is 6.54 Å². The van der Waals surface area contributed by atoms with Gasteiger partial charge in [-0.05, 0) is 42.6 Å². The van der Waals surface area contributed by atoms with Gasteiger partial charge in [-0.25, -0.2) is 8.70 Å². The molecule has 136 valence electrons. The fourth-order valence-electron chi connectivity index (χ4n) is 2.41. The van der Waals surface area contributed by atoms with Crippen LogP contribution in [0.3, 0.4) is 0 Å². The monoisotopic (exact) mass is 374 g/mol. The highest BCUT2D eigenvalue weighted by molar-refractivity contribution is 7.97. The van der Waals surface area contributed by atoms with Crippen molar-refractivity contribution < 1.29 is 17.6 Å². The molecule has 0 bridgehead atoms. The first-order chi connectivity index (χ1) is 11.8. The van der Waals surface area contributed by atoms with Gasteiger partial charge < -0.3 is 4.57 Å². The Morgan fingerprint density at radius 3 is 2.28 bits per heavy atom. The molecule has 0 saturated heterocycles. The lowest BCUT2D eigenvalue weighted by molar-refractivity contribution is -0.172. The molecule has 0 aliphatic rings. The largest absolute Gasteiger partial charge is 0.408 e. The zero-order valence-electron chi connectivity index (χ0n) is 13.8. The number of nitrogens with zero attached hydrogens (tertiary/aromatic N) is 2. The topological polar surface area (TPSA) is 25.2 Å². The summed E-state index contributed by atoms with van der Waals surface area (Å²) in [6.45, 7) is 3.94. The molecule has 2 rings (SSSR count). The molecule has 0 unspecified atom stereocenters. The minimum atomic E-state index is -4.53. The van der Waals surface area contributed by atoms with Crippen LogP contribution in [0.15, 0.2) is 52.3 Å². The summed E-state index contributed by atoms with van der Waals surface area (Å²) in [6.07, 6.45) is -2.99. The van der Waals surface area contributed by atoms with Gasteiger partial charge in [-0.3, -0.25) is 4.79 Å². The van der Waals surface area contributed by atoms with E-state index in [9.17, 15) is 22.4 Å². The van der Waals surface area contributed by atoms with Gasteiger partial charge in [0.15, 0.2) is 0 Å². The zero-order valence-corrected chi connectivity index (χ0v) is 14.6. The van der Waals surface area contributed by atoms with Crippen LogP contribution in [-0.2, 0) is 6.54 Å². The van der Waals surface area contributed by atoms with Crippen LogP contribution < -0.4 is 5.56 Å². The molecule has 0 fully saturated rings. The molecule has 2 aromatic rings. The molecule has 1 atom stereocenters. The first-order valence-electron chi connectivity index (χ1n) is 7.73. The Kier molecular flexibility index (Phi) is 6.29. The number of hydrogen-bond acceptors (Lipinski definition) is 3. The summed E-state index contributed by atoms with van der Waals surface area (Å²) in [6, 6.07) is 5.27. The fourth-order valence-corrected chi connectivity index (χ4v) is 3.46. The molecule has 1 aromatic carbocycles. The number of alkyl halides is 3. The van der Waals surface area contributed by atoms with Crippen molar-refractivity contribution in [3.63, 3.8) is 0 Å². The van der Waals surface area contributed by atoms with Crippen molar-refractivity contribution in [1.82, 2.24) is 8.87 Å². The van der Waals surface area contributed by atoms with E-state index >= 15 is 0 Å². The van der Waals surface area contributed by atoms with E-state index in [1.165, 1.54) is 27.2 Å². The third-order valence-electron chi connectivity index (χ3n) is 3.62. The minimum Gasteiger partial charge on any atom is -0.315 e. The zero-order chi connectivity index (χ0) is 18.6. The molecular weight excluding hydrogens is 356 g/mol. The molecule has 0 radical (unpaired) electrons. The molecule has 0 aliphatic carbocycles. The number of hydrogen-bond donors (Lipinski definition) is 0. The highest BCUT2D eigenvalue weighted by Crippen LogP contribution is 2.42. The molecule has 1 heterocycles. The Morgan fingerprint density at radius 1 is 1.12 bits per heavy atom. The summed E-state index contributed by atoms with van der Waals surface area (Å²) >= 11 is 0.921. The smallest absolute Gasteiger partial charge is 0.315 e. The first-order valence-corrected chi connectivity index (χ1v) is 8.50. The van der Waals surface area contributed by atoms with E-state index < -0.39 is 18.0 Å². The van der Waals surface area contributed by atoms with Crippen LogP contribution in [0.4, 0.5) is 17.6 Å². The quantitative estimate of drug-likeness (QED) is 0.544. The van der Waals surface area contributed by atoms with Crippen LogP contribution in [0.2, 0.25) is 0 Å². The van der Waals surface area contributed by atoms with E-state index in [1.807, 2.05) is 0 Å². The highest BCUT2D eigenvalue weighted by atomic mass is 32.2. The predicted molar refractivity (Wildman–Crippen MR) is 89.8 cm³/mol. The van der Waals surface area contributed by atoms with Crippen LogP contribution in [0.5, 0.6) is 0 Å². The lowest BCUT2D eigenvalue weighted by Gasteiger charge is -2.31. The SMILES string of the molecule is CCN(Sc1ccc(=O)n(CC)c1)[C@H](c1ccc(F)cc1)C(F)(F)F. The highest BCUT2D eigenvalue weighted by Gasteiger charge is 2.44. The standard InChI is InChI=1S/C17H18F4N2OS/c1-3-22-11-14(9-10-15(22)24)25-23(4-2)16(17(19,20)21)12-5-7-13(18)8-6-12/h5-11,16H,3-4H2,1-2H3/t16-/m1/s1. The molecule has 0 amide bonds. The third-order valence-corrected chi connectivity index (χ3v) is 4.77. The number of pyridine rings is 1. The summed E-state index contributed by atoms with van der Waals surface area (Å²) in [4.78, 5) is 12.2. The summed E-state index contributed by atoms with van der Waals surface area (Å²) in [5.41, 5.74) is -0.243. The van der Waals surface area contributed by atoms with Crippen LogP contribution in [0.25, 0.3) is 0 Å². The van der Waals surface area contributed by atoms with Crippen molar-refractivity contribution >= 4 is 11.9 Å². The second-order valence-corrected chi connectivity index (χ2v) is 6.43. The van der Waals surface area contributed by atoms with E-state index in [-0.39, 0.29) is 17.7 Å². The number of aromatic nitrogens is 1. The Labute approximate surface area is 147 Å². The number of aryl methyl sites for hydroxylation is 1. The van der Waals surface area contributed by atoms with E-state index in [0.29, 0.717) is 11.4 Å². The van der Waals surface area contributed by atoms with Gasteiger partial charge >= 0.3 is 6.18 Å². The van der Waals surface area contributed by atoms with E-state index in [0.717, 1.165) is 36.2 Å². The van der Waals surface area contributed by atoms with E-state index in [4.69, 9.17) is 0 Å². The van der Waals surface area contributed by atoms with Gasteiger partial charge in [0.25, 0.3) is 5.56 Å². The van der Waals surface area contributed by atoms with Gasteiger partial charge in [0, 0.05) is 30.2 Å². The van der Waals surface area contributed by atoms with Gasteiger partial charge in [-0.1, -0.05) is 19.1 Å².